The average Bonchev–Trinajstić information content (AvgIpc) is 3.14. The Kier molecular flexibility index (Phi) is 5.91. The lowest BCUT2D eigenvalue weighted by molar-refractivity contribution is 0.101. The third-order valence-corrected chi connectivity index (χ3v) is 6.87. The molecule has 0 saturated carbocycles. The first-order chi connectivity index (χ1) is 15.3. The van der Waals surface area contributed by atoms with Crippen molar-refractivity contribution in [1.82, 2.24) is 0 Å². The molecule has 1 saturated heterocycles. The van der Waals surface area contributed by atoms with E-state index in [9.17, 15) is 22.4 Å². The van der Waals surface area contributed by atoms with Gasteiger partial charge in [-0.25, -0.2) is 12.8 Å². The molecule has 0 bridgehead atoms. The molecule has 4 rings (SSSR count). The number of anilines is 3. The molecule has 0 atom stereocenters. The van der Waals surface area contributed by atoms with Crippen molar-refractivity contribution in [3.8, 4) is 0 Å². The minimum atomic E-state index is -3.26. The molecule has 3 aromatic rings. The second kappa shape index (κ2) is 8.80. The van der Waals surface area contributed by atoms with Gasteiger partial charge in [0.1, 0.15) is 5.82 Å². The maximum Gasteiger partial charge on any atom is 0.255 e. The van der Waals surface area contributed by atoms with Crippen molar-refractivity contribution in [3.63, 3.8) is 0 Å². The molecule has 1 aliphatic heterocycles. The van der Waals surface area contributed by atoms with Gasteiger partial charge >= 0.3 is 0 Å². The first-order valence-corrected chi connectivity index (χ1v) is 11.5. The molecule has 0 aliphatic carbocycles. The minimum Gasteiger partial charge on any atom is -0.322 e. The van der Waals surface area contributed by atoms with E-state index in [0.717, 1.165) is 0 Å². The molecule has 164 valence electrons. The second-order valence-corrected chi connectivity index (χ2v) is 9.30. The molecule has 32 heavy (non-hydrogen) atoms. The van der Waals surface area contributed by atoms with Crippen LogP contribution in [0.15, 0.2) is 72.8 Å². The summed E-state index contributed by atoms with van der Waals surface area (Å²) in [6.07, 6.45) is 0.592. The summed E-state index contributed by atoms with van der Waals surface area (Å²) in [5.41, 5.74) is 2.11. The standard InChI is InChI=1S/C23H20FN3O4S/c24-18-7-5-16(6-8-18)22(28)26-20-4-1-3-17(15-20)23(29)25-19-9-11-21(12-10-19)27-13-2-14-32(27,30)31/h1,3-12,15H,2,13-14H2,(H,25,29)(H,26,28). The number of amides is 2. The largest absolute Gasteiger partial charge is 0.322 e. The highest BCUT2D eigenvalue weighted by Gasteiger charge is 2.28. The van der Waals surface area contributed by atoms with E-state index in [1.165, 1.54) is 34.6 Å². The number of sulfonamides is 1. The Balaban J connectivity index is 1.42. The van der Waals surface area contributed by atoms with E-state index in [0.29, 0.717) is 41.2 Å². The van der Waals surface area contributed by atoms with Crippen molar-refractivity contribution < 1.29 is 22.4 Å². The summed E-state index contributed by atoms with van der Waals surface area (Å²) in [6, 6.07) is 18.1. The molecule has 1 heterocycles. The normalized spacial score (nSPS) is 14.7. The monoisotopic (exact) mass is 453 g/mol. The summed E-state index contributed by atoms with van der Waals surface area (Å²) in [6.45, 7) is 0.449. The van der Waals surface area contributed by atoms with E-state index in [1.807, 2.05) is 0 Å². The molecule has 1 fully saturated rings. The Bertz CT molecular complexity index is 1260. The zero-order valence-corrected chi connectivity index (χ0v) is 17.7. The molecule has 0 radical (unpaired) electrons. The number of nitrogens with one attached hydrogen (secondary N) is 2. The second-order valence-electron chi connectivity index (χ2n) is 7.28. The molecule has 7 nitrogen and oxygen atoms in total. The highest BCUT2D eigenvalue weighted by molar-refractivity contribution is 7.93. The number of halogens is 1. The fraction of sp³-hybridized carbons (Fsp3) is 0.130. The van der Waals surface area contributed by atoms with Crippen molar-refractivity contribution >= 4 is 38.9 Å². The van der Waals surface area contributed by atoms with Crippen LogP contribution in [0.4, 0.5) is 21.5 Å². The van der Waals surface area contributed by atoms with Crippen LogP contribution in [0.3, 0.4) is 0 Å². The van der Waals surface area contributed by atoms with Gasteiger partial charge in [-0.05, 0) is 73.2 Å². The first kappa shape index (κ1) is 21.5. The summed E-state index contributed by atoms with van der Waals surface area (Å²) in [5, 5.41) is 5.43. The van der Waals surface area contributed by atoms with Gasteiger partial charge in [-0.3, -0.25) is 13.9 Å². The molecular formula is C23H20FN3O4S. The SMILES string of the molecule is O=C(Nc1cccc(C(=O)Nc2ccc(N3CCCS3(=O)=O)cc2)c1)c1ccc(F)cc1. The zero-order valence-electron chi connectivity index (χ0n) is 16.9. The zero-order chi connectivity index (χ0) is 22.7. The van der Waals surface area contributed by atoms with Crippen LogP contribution in [0.1, 0.15) is 27.1 Å². The number of rotatable bonds is 5. The predicted octanol–water partition coefficient (Wildman–Crippen LogP) is 3.87. The van der Waals surface area contributed by atoms with Crippen LogP contribution in [0, 0.1) is 5.82 Å². The van der Waals surface area contributed by atoms with Gasteiger partial charge in [0.15, 0.2) is 0 Å². The number of hydrogen-bond acceptors (Lipinski definition) is 4. The molecule has 3 aromatic carbocycles. The summed E-state index contributed by atoms with van der Waals surface area (Å²) in [4.78, 5) is 24.9. The average molecular weight is 453 g/mol. The van der Waals surface area contributed by atoms with Crippen molar-refractivity contribution in [2.75, 3.05) is 27.2 Å². The Morgan fingerprint density at radius 2 is 1.47 bits per heavy atom. The van der Waals surface area contributed by atoms with E-state index in [-0.39, 0.29) is 11.7 Å². The van der Waals surface area contributed by atoms with E-state index in [1.54, 1.807) is 42.5 Å². The van der Waals surface area contributed by atoms with E-state index in [4.69, 9.17) is 0 Å². The molecule has 0 aromatic heterocycles. The lowest BCUT2D eigenvalue weighted by Crippen LogP contribution is -2.25. The van der Waals surface area contributed by atoms with Gasteiger partial charge < -0.3 is 10.6 Å². The molecule has 2 amide bonds. The van der Waals surface area contributed by atoms with Gasteiger partial charge in [0.25, 0.3) is 11.8 Å². The Labute approximate surface area is 184 Å². The maximum atomic E-state index is 13.0. The fourth-order valence-electron chi connectivity index (χ4n) is 3.39. The van der Waals surface area contributed by atoms with Crippen LogP contribution < -0.4 is 14.9 Å². The minimum absolute atomic E-state index is 0.138. The van der Waals surface area contributed by atoms with E-state index in [2.05, 4.69) is 10.6 Å². The lowest BCUT2D eigenvalue weighted by Gasteiger charge is -2.17. The molecular weight excluding hydrogens is 433 g/mol. The summed E-state index contributed by atoms with van der Waals surface area (Å²) in [5.74, 6) is -1.10. The van der Waals surface area contributed by atoms with Crippen LogP contribution in [0.25, 0.3) is 0 Å². The Hall–Kier alpha value is -3.72. The van der Waals surface area contributed by atoms with Gasteiger partial charge in [-0.2, -0.15) is 0 Å². The number of nitrogens with zero attached hydrogens (tertiary/aromatic N) is 1. The maximum absolute atomic E-state index is 13.0. The van der Waals surface area contributed by atoms with Crippen molar-refractivity contribution in [2.24, 2.45) is 0 Å². The molecule has 0 spiro atoms. The summed E-state index contributed by atoms with van der Waals surface area (Å²) >= 11 is 0. The van der Waals surface area contributed by atoms with Crippen molar-refractivity contribution in [3.05, 3.63) is 89.7 Å². The highest BCUT2D eigenvalue weighted by Crippen LogP contribution is 2.25. The van der Waals surface area contributed by atoms with Gasteiger partial charge in [0.2, 0.25) is 10.0 Å². The van der Waals surface area contributed by atoms with Crippen molar-refractivity contribution in [2.45, 2.75) is 6.42 Å². The summed E-state index contributed by atoms with van der Waals surface area (Å²) < 4.78 is 38.5. The predicted molar refractivity (Wildman–Crippen MR) is 121 cm³/mol. The topological polar surface area (TPSA) is 95.6 Å². The number of carbonyl (C=O) groups excluding carboxylic acids is 2. The fourth-order valence-corrected chi connectivity index (χ4v) is 4.95. The van der Waals surface area contributed by atoms with Crippen LogP contribution >= 0.6 is 0 Å². The van der Waals surface area contributed by atoms with Crippen LogP contribution in [0.2, 0.25) is 0 Å². The van der Waals surface area contributed by atoms with E-state index < -0.39 is 21.7 Å². The number of benzene rings is 3. The third kappa shape index (κ3) is 4.78. The quantitative estimate of drug-likeness (QED) is 0.613. The van der Waals surface area contributed by atoms with Gasteiger partial charge in [0, 0.05) is 29.0 Å². The highest BCUT2D eigenvalue weighted by atomic mass is 32.2. The first-order valence-electron chi connectivity index (χ1n) is 9.91. The Morgan fingerprint density at radius 1 is 0.812 bits per heavy atom. The molecule has 0 unspecified atom stereocenters. The van der Waals surface area contributed by atoms with Gasteiger partial charge in [-0.1, -0.05) is 6.07 Å². The number of hydrogen-bond donors (Lipinski definition) is 2. The smallest absolute Gasteiger partial charge is 0.255 e. The van der Waals surface area contributed by atoms with Crippen LogP contribution in [-0.2, 0) is 10.0 Å². The Morgan fingerprint density at radius 3 is 2.12 bits per heavy atom. The van der Waals surface area contributed by atoms with Crippen molar-refractivity contribution in [1.29, 1.82) is 0 Å². The van der Waals surface area contributed by atoms with Gasteiger partial charge in [0.05, 0.1) is 11.4 Å². The lowest BCUT2D eigenvalue weighted by atomic mass is 10.1. The van der Waals surface area contributed by atoms with Crippen LogP contribution in [-0.4, -0.2) is 32.5 Å². The summed E-state index contributed by atoms with van der Waals surface area (Å²) in [7, 11) is -3.26. The van der Waals surface area contributed by atoms with E-state index >= 15 is 0 Å². The van der Waals surface area contributed by atoms with Crippen LogP contribution in [0.5, 0.6) is 0 Å². The molecule has 9 heteroatoms. The number of carbonyl (C=O) groups is 2. The molecule has 2 N–H and O–H groups in total. The van der Waals surface area contributed by atoms with Gasteiger partial charge in [-0.15, -0.1) is 0 Å². The third-order valence-electron chi connectivity index (χ3n) is 5.00. The molecule has 1 aliphatic rings.